The Morgan fingerprint density at radius 3 is 2.38 bits per heavy atom. The molecule has 13 heteroatoms. The van der Waals surface area contributed by atoms with Gasteiger partial charge in [-0.1, -0.05) is 43.0 Å². The topological polar surface area (TPSA) is 183 Å². The Balaban J connectivity index is 1.52. The van der Waals surface area contributed by atoms with E-state index < -0.39 is 46.2 Å². The van der Waals surface area contributed by atoms with E-state index >= 15 is 0 Å². The number of hydrogen-bond donors (Lipinski definition) is 5. The highest BCUT2D eigenvalue weighted by Gasteiger charge is 2.34. The number of rotatable bonds is 9. The first-order chi connectivity index (χ1) is 19.2. The van der Waals surface area contributed by atoms with Crippen LogP contribution in [0.25, 0.3) is 0 Å². The van der Waals surface area contributed by atoms with Gasteiger partial charge in [-0.25, -0.2) is 14.6 Å². The summed E-state index contributed by atoms with van der Waals surface area (Å²) in [6, 6.07) is 12.3. The number of aromatic hydroxyl groups is 1. The van der Waals surface area contributed by atoms with Crippen LogP contribution in [0.4, 0.5) is 5.69 Å². The monoisotopic (exact) mass is 565 g/mol. The number of nitrogens with zero attached hydrogens (tertiary/aromatic N) is 1. The number of thioether (sulfide) groups is 1. The van der Waals surface area contributed by atoms with Crippen molar-refractivity contribution in [3.05, 3.63) is 91.6 Å². The Labute approximate surface area is 232 Å². The predicted octanol–water partition coefficient (Wildman–Crippen LogP) is 2.21. The molecule has 1 saturated heterocycles. The van der Waals surface area contributed by atoms with Crippen molar-refractivity contribution in [3.8, 4) is 5.88 Å². The summed E-state index contributed by atoms with van der Waals surface area (Å²) >= 11 is 1.01. The Hall–Kier alpha value is -4.65. The minimum Gasteiger partial charge on any atom is -0.494 e. The lowest BCUT2D eigenvalue weighted by molar-refractivity contribution is -0.122. The van der Waals surface area contributed by atoms with Gasteiger partial charge < -0.3 is 20.5 Å². The zero-order valence-corrected chi connectivity index (χ0v) is 22.5. The second-order valence-electron chi connectivity index (χ2n) is 8.75. The molecule has 4 rings (SSSR count). The Bertz CT molecular complexity index is 1560. The first-order valence-electron chi connectivity index (χ1n) is 12.4. The van der Waals surface area contributed by atoms with Crippen LogP contribution in [-0.2, 0) is 20.7 Å². The van der Waals surface area contributed by atoms with Crippen molar-refractivity contribution < 1.29 is 24.2 Å². The molecule has 2 atom stereocenters. The minimum absolute atomic E-state index is 0.149. The molecule has 2 heterocycles. The molecule has 0 saturated carbocycles. The zero-order chi connectivity index (χ0) is 28.8. The van der Waals surface area contributed by atoms with E-state index in [1.165, 1.54) is 12.1 Å². The molecule has 0 radical (unpaired) electrons. The molecule has 0 bridgehead atoms. The van der Waals surface area contributed by atoms with E-state index in [0.717, 1.165) is 23.7 Å². The van der Waals surface area contributed by atoms with Gasteiger partial charge in [-0.3, -0.25) is 24.4 Å². The number of anilines is 1. The number of aryl methyl sites for hydroxylation is 1. The van der Waals surface area contributed by atoms with E-state index in [-0.39, 0.29) is 23.8 Å². The molecule has 1 aromatic heterocycles. The molecule has 0 spiro atoms. The molecule has 1 fully saturated rings. The van der Waals surface area contributed by atoms with Gasteiger partial charge in [0.2, 0.25) is 17.7 Å². The van der Waals surface area contributed by atoms with Gasteiger partial charge in [0.1, 0.15) is 16.9 Å². The van der Waals surface area contributed by atoms with Crippen molar-refractivity contribution in [2.45, 2.75) is 38.0 Å². The number of hydrogen-bond acceptors (Lipinski definition) is 9. The molecular weight excluding hydrogens is 538 g/mol. The quantitative estimate of drug-likeness (QED) is 0.245. The molecule has 40 heavy (non-hydrogen) atoms. The number of H-pyrrole nitrogens is 2. The van der Waals surface area contributed by atoms with Crippen LogP contribution in [0, 0.1) is 0 Å². The number of benzene rings is 2. The van der Waals surface area contributed by atoms with Gasteiger partial charge in [-0.05, 0) is 48.7 Å². The number of aliphatic imine (C=N–C) groups is 1. The number of carbonyl (C=O) groups excluding carboxylic acids is 3. The Morgan fingerprint density at radius 1 is 1.05 bits per heavy atom. The summed E-state index contributed by atoms with van der Waals surface area (Å²) in [5.41, 5.74) is 0.480. The van der Waals surface area contributed by atoms with Crippen LogP contribution in [0.1, 0.15) is 53.4 Å². The summed E-state index contributed by atoms with van der Waals surface area (Å²) in [4.78, 5) is 70.1. The number of amides is 2. The number of aromatic nitrogens is 2. The third kappa shape index (κ3) is 6.67. The van der Waals surface area contributed by atoms with E-state index in [4.69, 9.17) is 4.74 Å². The van der Waals surface area contributed by atoms with Crippen molar-refractivity contribution in [3.63, 3.8) is 0 Å². The molecular formula is C27H27N5O7S. The first kappa shape index (κ1) is 28.4. The molecule has 5 N–H and O–H groups in total. The van der Waals surface area contributed by atoms with Crippen LogP contribution >= 0.6 is 11.8 Å². The fourth-order valence-corrected chi connectivity index (χ4v) is 4.98. The molecule has 208 valence electrons. The number of aromatic amines is 2. The van der Waals surface area contributed by atoms with Crippen molar-refractivity contribution >= 4 is 40.4 Å². The standard InChI is InChI=1S/C27H27N5O7S/c1-3-14-5-7-15(8-6-14)21(20-23(35)30-26(38)31-24(20)36)29-27-32-22(34)18(40-27)13-19(33)28-17-11-9-16(10-12-17)25(37)39-4-2/h5-12,18,21H,3-4,13H2,1-2H3,(H,28,33)(H,29,32,34)(H3,30,31,35,36,38). The molecule has 2 aromatic carbocycles. The maximum atomic E-state index is 12.7. The Morgan fingerprint density at radius 2 is 1.75 bits per heavy atom. The summed E-state index contributed by atoms with van der Waals surface area (Å²) in [5.74, 6) is -1.99. The van der Waals surface area contributed by atoms with Gasteiger partial charge in [-0.15, -0.1) is 0 Å². The summed E-state index contributed by atoms with van der Waals surface area (Å²) in [7, 11) is 0. The van der Waals surface area contributed by atoms with E-state index in [2.05, 4.69) is 25.6 Å². The highest BCUT2D eigenvalue weighted by Crippen LogP contribution is 2.32. The van der Waals surface area contributed by atoms with Crippen LogP contribution in [0.2, 0.25) is 0 Å². The number of carbonyl (C=O) groups is 3. The second-order valence-corrected chi connectivity index (χ2v) is 9.94. The van der Waals surface area contributed by atoms with E-state index in [1.54, 1.807) is 31.2 Å². The summed E-state index contributed by atoms with van der Waals surface area (Å²) < 4.78 is 4.94. The maximum absolute atomic E-state index is 12.7. The highest BCUT2D eigenvalue weighted by atomic mass is 32.2. The summed E-state index contributed by atoms with van der Waals surface area (Å²) in [6.07, 6.45) is 0.616. The lowest BCUT2D eigenvalue weighted by Crippen LogP contribution is -2.29. The number of esters is 1. The van der Waals surface area contributed by atoms with Gasteiger partial charge in [0, 0.05) is 12.1 Å². The van der Waals surface area contributed by atoms with E-state index in [1.807, 2.05) is 19.1 Å². The molecule has 1 aliphatic heterocycles. The molecule has 0 aliphatic carbocycles. The third-order valence-electron chi connectivity index (χ3n) is 6.01. The van der Waals surface area contributed by atoms with Gasteiger partial charge in [0.15, 0.2) is 5.17 Å². The van der Waals surface area contributed by atoms with Crippen LogP contribution in [0.3, 0.4) is 0 Å². The van der Waals surface area contributed by atoms with Gasteiger partial charge in [0.25, 0.3) is 5.56 Å². The number of nitrogens with one attached hydrogen (secondary N) is 4. The van der Waals surface area contributed by atoms with Crippen LogP contribution in [0.5, 0.6) is 5.88 Å². The molecule has 1 aliphatic rings. The van der Waals surface area contributed by atoms with E-state index in [0.29, 0.717) is 16.8 Å². The van der Waals surface area contributed by atoms with E-state index in [9.17, 15) is 29.1 Å². The van der Waals surface area contributed by atoms with Gasteiger partial charge in [-0.2, -0.15) is 0 Å². The fraction of sp³-hybridized carbons (Fsp3) is 0.259. The highest BCUT2D eigenvalue weighted by molar-refractivity contribution is 8.15. The number of ether oxygens (including phenoxy) is 1. The lowest BCUT2D eigenvalue weighted by atomic mass is 9.99. The van der Waals surface area contributed by atoms with Gasteiger partial charge in [0.05, 0.1) is 12.2 Å². The van der Waals surface area contributed by atoms with Crippen molar-refractivity contribution in [2.75, 3.05) is 11.9 Å². The summed E-state index contributed by atoms with van der Waals surface area (Å²) in [5, 5.41) is 15.1. The number of amidine groups is 1. The fourth-order valence-electron chi connectivity index (χ4n) is 3.98. The average molecular weight is 566 g/mol. The molecule has 2 amide bonds. The van der Waals surface area contributed by atoms with Gasteiger partial charge >= 0.3 is 11.7 Å². The zero-order valence-electron chi connectivity index (χ0n) is 21.6. The van der Waals surface area contributed by atoms with Crippen molar-refractivity contribution in [1.82, 2.24) is 15.3 Å². The van der Waals surface area contributed by atoms with Crippen LogP contribution < -0.4 is 21.9 Å². The molecule has 12 nitrogen and oxygen atoms in total. The minimum atomic E-state index is -1.06. The maximum Gasteiger partial charge on any atom is 0.338 e. The second kappa shape index (κ2) is 12.5. The average Bonchev–Trinajstić information content (AvgIpc) is 3.26. The normalized spacial score (nSPS) is 16.4. The van der Waals surface area contributed by atoms with Crippen molar-refractivity contribution in [1.29, 1.82) is 0 Å². The van der Waals surface area contributed by atoms with Crippen LogP contribution in [-0.4, -0.2) is 49.9 Å². The Kier molecular flexibility index (Phi) is 8.84. The molecule has 3 aromatic rings. The molecule has 2 unspecified atom stereocenters. The summed E-state index contributed by atoms with van der Waals surface area (Å²) in [6.45, 7) is 3.94. The predicted molar refractivity (Wildman–Crippen MR) is 150 cm³/mol. The smallest absolute Gasteiger partial charge is 0.338 e. The first-order valence-corrected chi connectivity index (χ1v) is 13.3. The SMILES string of the molecule is CCOC(=O)c1ccc(NC(=O)CC2SC(=NC(c3ccc(CC)cc3)c3c(O)[nH]c(=O)[nH]c3=O)NC2=O)cc1. The largest absolute Gasteiger partial charge is 0.494 e. The lowest BCUT2D eigenvalue weighted by Gasteiger charge is -2.15. The third-order valence-corrected chi connectivity index (χ3v) is 7.11. The van der Waals surface area contributed by atoms with Crippen molar-refractivity contribution in [2.24, 2.45) is 4.99 Å². The van der Waals surface area contributed by atoms with Crippen LogP contribution in [0.15, 0.2) is 63.1 Å².